The predicted octanol–water partition coefficient (Wildman–Crippen LogP) is 4.73. The number of aliphatic hydroxyl groups is 1. The third-order valence-electron chi connectivity index (χ3n) is 5.76. The number of aliphatic hydroxyl groups excluding tert-OH is 1. The fourth-order valence-corrected chi connectivity index (χ4v) is 4.24. The van der Waals surface area contributed by atoms with Crippen molar-refractivity contribution in [3.05, 3.63) is 81.9 Å². The van der Waals surface area contributed by atoms with Gasteiger partial charge < -0.3 is 29.6 Å². The summed E-state index contributed by atoms with van der Waals surface area (Å²) in [6.45, 7) is 0.348. The van der Waals surface area contributed by atoms with Crippen LogP contribution < -0.4 is 5.32 Å². The van der Waals surface area contributed by atoms with Gasteiger partial charge in [-0.05, 0) is 23.3 Å². The van der Waals surface area contributed by atoms with E-state index in [1.165, 1.54) is 0 Å². The van der Waals surface area contributed by atoms with Crippen molar-refractivity contribution in [2.24, 2.45) is 0 Å². The first kappa shape index (κ1) is 26.1. The Labute approximate surface area is 217 Å². The lowest BCUT2D eigenvalue weighted by Gasteiger charge is -2.36. The maximum Gasteiger partial charge on any atom is 0.303 e. The van der Waals surface area contributed by atoms with Crippen LogP contribution in [0.1, 0.15) is 48.3 Å². The zero-order valence-electron chi connectivity index (χ0n) is 19.1. The van der Waals surface area contributed by atoms with Crippen LogP contribution >= 0.6 is 23.2 Å². The number of ether oxygens (including phenoxy) is 2. The van der Waals surface area contributed by atoms with Crippen LogP contribution in [0.5, 0.6) is 0 Å². The molecule has 0 radical (unpaired) electrons. The topological polar surface area (TPSA) is 123 Å². The van der Waals surface area contributed by atoms with Crippen LogP contribution in [-0.4, -0.2) is 37.7 Å². The van der Waals surface area contributed by atoms with Crippen molar-refractivity contribution in [1.29, 1.82) is 0 Å². The molecule has 1 fully saturated rings. The second-order valence-electron chi connectivity index (χ2n) is 8.40. The van der Waals surface area contributed by atoms with Gasteiger partial charge in [-0.25, -0.2) is 4.98 Å². The number of hydrogen-bond donors (Lipinski definition) is 3. The Hall–Kier alpha value is -2.95. The fourth-order valence-electron chi connectivity index (χ4n) is 3.93. The Morgan fingerprint density at radius 2 is 1.86 bits per heavy atom. The summed E-state index contributed by atoms with van der Waals surface area (Å²) in [6.07, 6.45) is 0.345. The van der Waals surface area contributed by atoms with Crippen LogP contribution in [0.15, 0.2) is 54.9 Å². The summed E-state index contributed by atoms with van der Waals surface area (Å²) in [5.41, 5.74) is 2.91. The Bertz CT molecular complexity index is 1220. The molecule has 2 aromatic carbocycles. The first-order chi connectivity index (χ1) is 17.3. The summed E-state index contributed by atoms with van der Waals surface area (Å²) in [7, 11) is 0. The summed E-state index contributed by atoms with van der Waals surface area (Å²) in [5, 5.41) is 21.4. The van der Waals surface area contributed by atoms with Crippen molar-refractivity contribution < 1.29 is 29.3 Å². The van der Waals surface area contributed by atoms with E-state index >= 15 is 0 Å². The second-order valence-corrected chi connectivity index (χ2v) is 9.11. The van der Waals surface area contributed by atoms with Gasteiger partial charge in [-0.1, -0.05) is 59.6 Å². The molecular weight excluding hydrogens is 509 g/mol. The summed E-state index contributed by atoms with van der Waals surface area (Å²) in [6, 6.07) is 14.5. The fraction of sp³-hybridized carbons (Fsp3) is 0.320. The van der Waals surface area contributed by atoms with Crippen molar-refractivity contribution in [2.45, 2.75) is 50.9 Å². The van der Waals surface area contributed by atoms with Gasteiger partial charge in [0.25, 0.3) is 0 Å². The zero-order chi connectivity index (χ0) is 25.7. The molecule has 1 aliphatic rings. The van der Waals surface area contributed by atoms with Crippen LogP contribution in [0.4, 0.5) is 5.69 Å². The number of hydrogen-bond acceptors (Lipinski definition) is 6. The Balaban J connectivity index is 1.55. The minimum Gasteiger partial charge on any atom is -0.481 e. The van der Waals surface area contributed by atoms with E-state index in [2.05, 4.69) is 10.3 Å². The number of aliphatic carboxylic acids is 1. The standard InChI is InChI=1S/C25H25Cl2N3O6/c26-23-24(27)30(14-28-23)12-19-11-20(16-6-4-15(13-31)5-7-16)36-25(35-19)17-2-1-3-18(10-17)29-21(32)8-9-22(33)34/h1-7,10,14,19-20,25,31H,8-9,11-13H2,(H,29,32)(H,33,34)/t19-,20+,25+/m1/s1. The molecule has 2 heterocycles. The lowest BCUT2D eigenvalue weighted by Crippen LogP contribution is -2.32. The molecule has 190 valence electrons. The molecule has 9 nitrogen and oxygen atoms in total. The smallest absolute Gasteiger partial charge is 0.303 e. The summed E-state index contributed by atoms with van der Waals surface area (Å²) >= 11 is 12.3. The molecule has 0 bridgehead atoms. The van der Waals surface area contributed by atoms with Crippen LogP contribution in [0.2, 0.25) is 10.3 Å². The number of nitrogens with zero attached hydrogens (tertiary/aromatic N) is 2. The van der Waals surface area contributed by atoms with Crippen molar-refractivity contribution in [2.75, 3.05) is 5.32 Å². The van der Waals surface area contributed by atoms with Gasteiger partial charge in [-0.15, -0.1) is 0 Å². The summed E-state index contributed by atoms with van der Waals surface area (Å²) in [5.74, 6) is -1.43. The molecule has 1 aliphatic heterocycles. The minimum absolute atomic E-state index is 0.0506. The molecule has 0 spiro atoms. The first-order valence-corrected chi connectivity index (χ1v) is 12.1. The largest absolute Gasteiger partial charge is 0.481 e. The Kier molecular flexibility index (Phi) is 8.60. The number of aromatic nitrogens is 2. The molecule has 0 saturated carbocycles. The van der Waals surface area contributed by atoms with E-state index in [-0.39, 0.29) is 36.8 Å². The number of carbonyl (C=O) groups is 2. The molecule has 3 atom stereocenters. The molecule has 1 saturated heterocycles. The number of amides is 1. The van der Waals surface area contributed by atoms with E-state index in [0.29, 0.717) is 29.4 Å². The predicted molar refractivity (Wildman–Crippen MR) is 133 cm³/mol. The van der Waals surface area contributed by atoms with E-state index in [1.54, 1.807) is 29.1 Å². The molecule has 1 amide bonds. The van der Waals surface area contributed by atoms with Crippen LogP contribution in [0.25, 0.3) is 0 Å². The van der Waals surface area contributed by atoms with Gasteiger partial charge in [-0.3, -0.25) is 9.59 Å². The lowest BCUT2D eigenvalue weighted by atomic mass is 10.00. The molecule has 4 rings (SSSR count). The maximum atomic E-state index is 12.1. The number of benzene rings is 2. The average molecular weight is 534 g/mol. The first-order valence-electron chi connectivity index (χ1n) is 11.3. The van der Waals surface area contributed by atoms with E-state index in [0.717, 1.165) is 11.1 Å². The highest BCUT2D eigenvalue weighted by Crippen LogP contribution is 2.39. The quantitative estimate of drug-likeness (QED) is 0.363. The van der Waals surface area contributed by atoms with Gasteiger partial charge in [0.15, 0.2) is 11.4 Å². The highest BCUT2D eigenvalue weighted by molar-refractivity contribution is 6.40. The minimum atomic E-state index is -1.04. The average Bonchev–Trinajstić information content (AvgIpc) is 3.19. The van der Waals surface area contributed by atoms with Crippen LogP contribution in [0, 0.1) is 0 Å². The number of carbonyl (C=O) groups excluding carboxylic acids is 1. The van der Waals surface area contributed by atoms with Gasteiger partial charge in [-0.2, -0.15) is 0 Å². The molecule has 3 aromatic rings. The number of carboxylic acids is 1. The number of halogens is 2. The summed E-state index contributed by atoms with van der Waals surface area (Å²) in [4.78, 5) is 26.9. The van der Waals surface area contributed by atoms with E-state index in [9.17, 15) is 14.7 Å². The maximum absolute atomic E-state index is 12.1. The van der Waals surface area contributed by atoms with Crippen molar-refractivity contribution in [1.82, 2.24) is 9.55 Å². The monoisotopic (exact) mass is 533 g/mol. The summed E-state index contributed by atoms with van der Waals surface area (Å²) < 4.78 is 14.3. The molecule has 36 heavy (non-hydrogen) atoms. The van der Waals surface area contributed by atoms with E-state index in [1.807, 2.05) is 30.3 Å². The molecular formula is C25H25Cl2N3O6. The number of imidazole rings is 1. The highest BCUT2D eigenvalue weighted by atomic mass is 35.5. The van der Waals surface area contributed by atoms with Crippen molar-refractivity contribution >= 4 is 40.8 Å². The number of anilines is 1. The lowest BCUT2D eigenvalue weighted by molar-refractivity contribution is -0.252. The van der Waals surface area contributed by atoms with Crippen LogP contribution in [-0.2, 0) is 32.2 Å². The molecule has 3 N–H and O–H groups in total. The van der Waals surface area contributed by atoms with Crippen LogP contribution in [0.3, 0.4) is 0 Å². The zero-order valence-corrected chi connectivity index (χ0v) is 20.7. The third-order valence-corrected chi connectivity index (χ3v) is 6.53. The normalized spacial score (nSPS) is 19.7. The van der Waals surface area contributed by atoms with Gasteiger partial charge in [0.2, 0.25) is 5.91 Å². The van der Waals surface area contributed by atoms with Gasteiger partial charge in [0.05, 0.1) is 38.1 Å². The third kappa shape index (κ3) is 6.63. The van der Waals surface area contributed by atoms with Gasteiger partial charge in [0.1, 0.15) is 5.15 Å². The second kappa shape index (κ2) is 11.9. The Morgan fingerprint density at radius 1 is 1.08 bits per heavy atom. The van der Waals surface area contributed by atoms with Gasteiger partial charge in [0, 0.05) is 24.1 Å². The van der Waals surface area contributed by atoms with Gasteiger partial charge >= 0.3 is 5.97 Å². The van der Waals surface area contributed by atoms with E-state index < -0.39 is 18.2 Å². The van der Waals surface area contributed by atoms with E-state index in [4.69, 9.17) is 37.8 Å². The van der Waals surface area contributed by atoms with Crippen molar-refractivity contribution in [3.63, 3.8) is 0 Å². The molecule has 1 aromatic heterocycles. The number of rotatable bonds is 9. The highest BCUT2D eigenvalue weighted by Gasteiger charge is 2.33. The molecule has 11 heteroatoms. The van der Waals surface area contributed by atoms with Crippen molar-refractivity contribution in [3.8, 4) is 0 Å². The Morgan fingerprint density at radius 3 is 2.53 bits per heavy atom. The molecule has 0 aliphatic carbocycles. The SMILES string of the molecule is O=C(O)CCC(=O)Nc1cccc([C@H]2O[C@@H](Cn3cnc(Cl)c3Cl)C[C@@H](c3ccc(CO)cc3)O2)c1. The number of nitrogens with one attached hydrogen (secondary N) is 1. The molecule has 0 unspecified atom stereocenters. The number of carboxylic acid groups (broad SMARTS) is 1.